The number of carboxylic acids is 1. The van der Waals surface area contributed by atoms with E-state index in [4.69, 9.17) is 5.11 Å². The molecule has 0 aromatic heterocycles. The molecule has 0 heterocycles. The van der Waals surface area contributed by atoms with E-state index in [1.54, 1.807) is 7.05 Å². The van der Waals surface area contributed by atoms with Gasteiger partial charge in [-0.2, -0.15) is 0 Å². The summed E-state index contributed by atoms with van der Waals surface area (Å²) in [7, 11) is 1.66. The SMILES string of the molecule is CCCN(C)C(=O)Nc1ccc(C(=O)O)c(O)c1. The van der Waals surface area contributed by atoms with Gasteiger partial charge in [0.15, 0.2) is 0 Å². The zero-order valence-corrected chi connectivity index (χ0v) is 10.3. The summed E-state index contributed by atoms with van der Waals surface area (Å²) in [5.74, 6) is -1.59. The van der Waals surface area contributed by atoms with Gasteiger partial charge in [-0.3, -0.25) is 0 Å². The molecule has 0 atom stereocenters. The molecule has 0 spiro atoms. The molecule has 0 bridgehead atoms. The topological polar surface area (TPSA) is 89.9 Å². The lowest BCUT2D eigenvalue weighted by molar-refractivity contribution is 0.0694. The molecule has 18 heavy (non-hydrogen) atoms. The average Bonchev–Trinajstić information content (AvgIpc) is 2.28. The van der Waals surface area contributed by atoms with Gasteiger partial charge in [0.1, 0.15) is 11.3 Å². The van der Waals surface area contributed by atoms with Gasteiger partial charge < -0.3 is 20.4 Å². The molecule has 1 rings (SSSR count). The number of aromatic carboxylic acids is 1. The fraction of sp³-hybridized carbons (Fsp3) is 0.333. The summed E-state index contributed by atoms with van der Waals surface area (Å²) >= 11 is 0. The van der Waals surface area contributed by atoms with Crippen LogP contribution in [0.5, 0.6) is 5.75 Å². The molecule has 0 aliphatic rings. The molecule has 0 saturated heterocycles. The maximum Gasteiger partial charge on any atom is 0.339 e. The van der Waals surface area contributed by atoms with Crippen molar-refractivity contribution >= 4 is 17.7 Å². The predicted molar refractivity (Wildman–Crippen MR) is 67.0 cm³/mol. The van der Waals surface area contributed by atoms with Crippen LogP contribution < -0.4 is 5.32 Å². The van der Waals surface area contributed by atoms with Crippen molar-refractivity contribution in [1.82, 2.24) is 4.90 Å². The molecule has 6 heteroatoms. The molecule has 0 unspecified atom stereocenters. The number of hydrogen-bond donors (Lipinski definition) is 3. The average molecular weight is 252 g/mol. The first-order valence-electron chi connectivity index (χ1n) is 5.54. The molecule has 0 fully saturated rings. The molecule has 1 aromatic carbocycles. The quantitative estimate of drug-likeness (QED) is 0.764. The van der Waals surface area contributed by atoms with Crippen LogP contribution in [0.25, 0.3) is 0 Å². The fourth-order valence-corrected chi connectivity index (χ4v) is 1.45. The summed E-state index contributed by atoms with van der Waals surface area (Å²) in [6.45, 7) is 2.57. The second-order valence-electron chi connectivity index (χ2n) is 3.89. The van der Waals surface area contributed by atoms with E-state index in [1.807, 2.05) is 6.92 Å². The standard InChI is InChI=1S/C12H16N2O4/c1-3-6-14(2)12(18)13-8-4-5-9(11(16)17)10(15)7-8/h4-5,7,15H,3,6H2,1-2H3,(H,13,18)(H,16,17). The van der Waals surface area contributed by atoms with E-state index < -0.39 is 5.97 Å². The van der Waals surface area contributed by atoms with Crippen LogP contribution >= 0.6 is 0 Å². The van der Waals surface area contributed by atoms with Crippen LogP contribution in [0, 0.1) is 0 Å². The van der Waals surface area contributed by atoms with Gasteiger partial charge in [-0.05, 0) is 18.6 Å². The van der Waals surface area contributed by atoms with E-state index in [2.05, 4.69) is 5.32 Å². The minimum atomic E-state index is -1.21. The first-order chi connectivity index (χ1) is 8.45. The highest BCUT2D eigenvalue weighted by atomic mass is 16.4. The van der Waals surface area contributed by atoms with Crippen molar-refractivity contribution in [2.45, 2.75) is 13.3 Å². The number of benzene rings is 1. The number of anilines is 1. The van der Waals surface area contributed by atoms with E-state index in [0.29, 0.717) is 12.2 Å². The van der Waals surface area contributed by atoms with Crippen LogP contribution in [0.3, 0.4) is 0 Å². The number of nitrogens with one attached hydrogen (secondary N) is 1. The van der Waals surface area contributed by atoms with E-state index in [1.165, 1.54) is 23.1 Å². The fourth-order valence-electron chi connectivity index (χ4n) is 1.45. The Morgan fingerprint density at radius 3 is 2.56 bits per heavy atom. The third-order valence-corrected chi connectivity index (χ3v) is 2.39. The highest BCUT2D eigenvalue weighted by Crippen LogP contribution is 2.22. The zero-order chi connectivity index (χ0) is 13.7. The predicted octanol–water partition coefficient (Wildman–Crippen LogP) is 1.96. The van der Waals surface area contributed by atoms with E-state index in [-0.39, 0.29) is 17.3 Å². The van der Waals surface area contributed by atoms with Gasteiger partial charge in [-0.15, -0.1) is 0 Å². The van der Waals surface area contributed by atoms with Gasteiger partial charge in [0.25, 0.3) is 0 Å². The Labute approximate surface area is 105 Å². The van der Waals surface area contributed by atoms with Crippen molar-refractivity contribution in [3.05, 3.63) is 23.8 Å². The number of urea groups is 1. The summed E-state index contributed by atoms with van der Waals surface area (Å²) in [4.78, 5) is 23.8. The molecule has 0 aliphatic carbocycles. The van der Waals surface area contributed by atoms with E-state index >= 15 is 0 Å². The number of aromatic hydroxyl groups is 1. The zero-order valence-electron chi connectivity index (χ0n) is 10.3. The molecular formula is C12H16N2O4. The van der Waals surface area contributed by atoms with Crippen molar-refractivity contribution < 1.29 is 19.8 Å². The summed E-state index contributed by atoms with van der Waals surface area (Å²) in [6, 6.07) is 3.58. The second-order valence-corrected chi connectivity index (χ2v) is 3.89. The smallest absolute Gasteiger partial charge is 0.339 e. The Morgan fingerprint density at radius 1 is 1.39 bits per heavy atom. The number of carbonyl (C=O) groups excluding carboxylic acids is 1. The van der Waals surface area contributed by atoms with Gasteiger partial charge in [-0.1, -0.05) is 6.92 Å². The maximum absolute atomic E-state index is 11.6. The van der Waals surface area contributed by atoms with Gasteiger partial charge in [0, 0.05) is 25.3 Å². The Kier molecular flexibility index (Phi) is 4.53. The largest absolute Gasteiger partial charge is 0.507 e. The van der Waals surface area contributed by atoms with Crippen molar-refractivity contribution in [2.24, 2.45) is 0 Å². The van der Waals surface area contributed by atoms with Crippen molar-refractivity contribution in [3.8, 4) is 5.75 Å². The number of amides is 2. The Balaban J connectivity index is 2.77. The minimum absolute atomic E-state index is 0.199. The van der Waals surface area contributed by atoms with Crippen LogP contribution in [0.1, 0.15) is 23.7 Å². The molecule has 6 nitrogen and oxygen atoms in total. The van der Waals surface area contributed by atoms with Gasteiger partial charge in [0.2, 0.25) is 0 Å². The number of nitrogens with zero attached hydrogens (tertiary/aromatic N) is 1. The lowest BCUT2D eigenvalue weighted by atomic mass is 10.2. The lowest BCUT2D eigenvalue weighted by Gasteiger charge is -2.17. The van der Waals surface area contributed by atoms with Gasteiger partial charge in [-0.25, -0.2) is 9.59 Å². The summed E-state index contributed by atoms with van der Waals surface area (Å²) < 4.78 is 0. The third-order valence-electron chi connectivity index (χ3n) is 2.39. The number of phenols is 1. The van der Waals surface area contributed by atoms with Crippen LogP contribution in [-0.2, 0) is 0 Å². The second kappa shape index (κ2) is 5.90. The summed E-state index contributed by atoms with van der Waals surface area (Å²) in [5, 5.41) is 20.8. The summed E-state index contributed by atoms with van der Waals surface area (Å²) in [5.41, 5.74) is 0.153. The highest BCUT2D eigenvalue weighted by Gasteiger charge is 2.12. The van der Waals surface area contributed by atoms with Crippen molar-refractivity contribution in [2.75, 3.05) is 18.9 Å². The molecule has 1 aromatic rings. The number of hydrogen-bond acceptors (Lipinski definition) is 3. The number of carboxylic acid groups (broad SMARTS) is 1. The Morgan fingerprint density at radius 2 is 2.06 bits per heavy atom. The molecule has 0 aliphatic heterocycles. The Bertz CT molecular complexity index is 459. The van der Waals surface area contributed by atoms with Crippen LogP contribution in [0.2, 0.25) is 0 Å². The van der Waals surface area contributed by atoms with Crippen LogP contribution in [0.4, 0.5) is 10.5 Å². The highest BCUT2D eigenvalue weighted by molar-refractivity contribution is 5.93. The summed E-state index contributed by atoms with van der Waals surface area (Å²) in [6.07, 6.45) is 0.840. The molecular weight excluding hydrogens is 236 g/mol. The monoisotopic (exact) mass is 252 g/mol. The maximum atomic E-state index is 11.6. The molecule has 3 N–H and O–H groups in total. The lowest BCUT2D eigenvalue weighted by Crippen LogP contribution is -2.31. The molecule has 98 valence electrons. The van der Waals surface area contributed by atoms with Crippen molar-refractivity contribution in [3.63, 3.8) is 0 Å². The van der Waals surface area contributed by atoms with E-state index in [0.717, 1.165) is 6.42 Å². The van der Waals surface area contributed by atoms with E-state index in [9.17, 15) is 14.7 Å². The number of rotatable bonds is 4. The van der Waals surface area contributed by atoms with Gasteiger partial charge in [0.05, 0.1) is 0 Å². The molecule has 2 amide bonds. The molecule has 0 radical (unpaired) electrons. The normalized spacial score (nSPS) is 9.89. The Hall–Kier alpha value is -2.24. The number of carbonyl (C=O) groups is 2. The first-order valence-corrected chi connectivity index (χ1v) is 5.54. The first kappa shape index (κ1) is 13.8. The minimum Gasteiger partial charge on any atom is -0.507 e. The van der Waals surface area contributed by atoms with Gasteiger partial charge >= 0.3 is 12.0 Å². The van der Waals surface area contributed by atoms with Crippen molar-refractivity contribution in [1.29, 1.82) is 0 Å². The third kappa shape index (κ3) is 3.38. The van der Waals surface area contributed by atoms with Crippen LogP contribution in [0.15, 0.2) is 18.2 Å². The molecule has 0 saturated carbocycles. The van der Waals surface area contributed by atoms with Crippen LogP contribution in [-0.4, -0.2) is 40.7 Å².